The molecule has 0 saturated heterocycles. The number of nitrogens with one attached hydrogen (secondary N) is 1. The van der Waals surface area contributed by atoms with Gasteiger partial charge in [-0.05, 0) is 39.7 Å². The Morgan fingerprint density at radius 1 is 1.11 bits per heavy atom. The first-order valence-corrected chi connectivity index (χ1v) is 7.50. The quantitative estimate of drug-likeness (QED) is 0.577. The number of rotatable bonds is 11. The molecule has 0 rings (SSSR count). The van der Waals surface area contributed by atoms with Gasteiger partial charge in [0.1, 0.15) is 0 Å². The third kappa shape index (κ3) is 8.06. The Labute approximate surface area is 114 Å². The molecule has 110 valence electrons. The molecule has 3 nitrogen and oxygen atoms in total. The van der Waals surface area contributed by atoms with E-state index in [-0.39, 0.29) is 0 Å². The van der Waals surface area contributed by atoms with Crippen molar-refractivity contribution in [1.29, 1.82) is 0 Å². The summed E-state index contributed by atoms with van der Waals surface area (Å²) in [5.41, 5.74) is 0. The van der Waals surface area contributed by atoms with Gasteiger partial charge in [0, 0.05) is 31.8 Å². The summed E-state index contributed by atoms with van der Waals surface area (Å²) in [6, 6.07) is 1.89. The van der Waals surface area contributed by atoms with E-state index in [1.807, 2.05) is 0 Å². The van der Waals surface area contributed by atoms with E-state index >= 15 is 0 Å². The standard InChI is InChI=1S/C15H34N2O/c1-7-14(4)17(11-12-18-6)15(5)9-8-10-16-13(2)3/h13-16H,7-12H2,1-6H3. The Morgan fingerprint density at radius 3 is 2.28 bits per heavy atom. The molecule has 0 amide bonds. The highest BCUT2D eigenvalue weighted by atomic mass is 16.5. The van der Waals surface area contributed by atoms with E-state index in [1.54, 1.807) is 7.11 Å². The van der Waals surface area contributed by atoms with E-state index in [0.717, 1.165) is 19.7 Å². The fraction of sp³-hybridized carbons (Fsp3) is 1.00. The second kappa shape index (κ2) is 10.8. The first-order valence-electron chi connectivity index (χ1n) is 7.50. The molecule has 18 heavy (non-hydrogen) atoms. The third-order valence-corrected chi connectivity index (χ3v) is 3.63. The van der Waals surface area contributed by atoms with Gasteiger partial charge in [-0.1, -0.05) is 20.8 Å². The first kappa shape index (κ1) is 17.9. The molecule has 0 bridgehead atoms. The zero-order valence-corrected chi connectivity index (χ0v) is 13.3. The van der Waals surface area contributed by atoms with Gasteiger partial charge in [0.05, 0.1) is 6.61 Å². The van der Waals surface area contributed by atoms with Crippen molar-refractivity contribution < 1.29 is 4.74 Å². The Bertz CT molecular complexity index is 185. The zero-order valence-electron chi connectivity index (χ0n) is 13.3. The summed E-state index contributed by atoms with van der Waals surface area (Å²) in [6.45, 7) is 14.3. The Morgan fingerprint density at radius 2 is 1.78 bits per heavy atom. The summed E-state index contributed by atoms with van der Waals surface area (Å²) >= 11 is 0. The van der Waals surface area contributed by atoms with E-state index in [1.165, 1.54) is 19.3 Å². The lowest BCUT2D eigenvalue weighted by molar-refractivity contribution is 0.0898. The monoisotopic (exact) mass is 258 g/mol. The third-order valence-electron chi connectivity index (χ3n) is 3.63. The van der Waals surface area contributed by atoms with Crippen LogP contribution >= 0.6 is 0 Å². The maximum Gasteiger partial charge on any atom is 0.0589 e. The van der Waals surface area contributed by atoms with Crippen molar-refractivity contribution in [2.24, 2.45) is 0 Å². The Kier molecular flexibility index (Phi) is 10.7. The summed E-state index contributed by atoms with van der Waals surface area (Å²) in [7, 11) is 1.78. The maximum absolute atomic E-state index is 5.22. The van der Waals surface area contributed by atoms with Gasteiger partial charge in [0.25, 0.3) is 0 Å². The maximum atomic E-state index is 5.22. The second-order valence-corrected chi connectivity index (χ2v) is 5.59. The molecule has 2 unspecified atom stereocenters. The smallest absolute Gasteiger partial charge is 0.0589 e. The molecular weight excluding hydrogens is 224 g/mol. The number of hydrogen-bond acceptors (Lipinski definition) is 3. The van der Waals surface area contributed by atoms with E-state index in [0.29, 0.717) is 18.1 Å². The Hall–Kier alpha value is -0.120. The Balaban J connectivity index is 3.99. The number of methoxy groups -OCH3 is 1. The first-order chi connectivity index (χ1) is 8.52. The number of nitrogens with zero attached hydrogens (tertiary/aromatic N) is 1. The van der Waals surface area contributed by atoms with Gasteiger partial charge in [0.2, 0.25) is 0 Å². The lowest BCUT2D eigenvalue weighted by Crippen LogP contribution is -2.42. The largest absolute Gasteiger partial charge is 0.383 e. The summed E-state index contributed by atoms with van der Waals surface area (Å²) < 4.78 is 5.22. The van der Waals surface area contributed by atoms with Gasteiger partial charge in [-0.25, -0.2) is 0 Å². The van der Waals surface area contributed by atoms with Gasteiger partial charge >= 0.3 is 0 Å². The molecule has 0 heterocycles. The molecule has 0 aliphatic carbocycles. The van der Waals surface area contributed by atoms with Crippen LogP contribution in [0.15, 0.2) is 0 Å². The van der Waals surface area contributed by atoms with Crippen LogP contribution in [0.1, 0.15) is 53.9 Å². The summed E-state index contributed by atoms with van der Waals surface area (Å²) in [4.78, 5) is 2.58. The minimum atomic E-state index is 0.597. The van der Waals surface area contributed by atoms with Crippen molar-refractivity contribution in [2.75, 3.05) is 26.8 Å². The van der Waals surface area contributed by atoms with Crippen LogP contribution in [0.25, 0.3) is 0 Å². The van der Waals surface area contributed by atoms with Crippen LogP contribution in [-0.2, 0) is 4.74 Å². The van der Waals surface area contributed by atoms with Crippen LogP contribution in [0, 0.1) is 0 Å². The van der Waals surface area contributed by atoms with Crippen molar-refractivity contribution in [3.8, 4) is 0 Å². The van der Waals surface area contributed by atoms with Gasteiger partial charge in [-0.15, -0.1) is 0 Å². The fourth-order valence-electron chi connectivity index (χ4n) is 2.26. The molecule has 0 aliphatic heterocycles. The molecule has 0 fully saturated rings. The van der Waals surface area contributed by atoms with E-state index in [2.05, 4.69) is 44.8 Å². The van der Waals surface area contributed by atoms with Crippen LogP contribution in [0.3, 0.4) is 0 Å². The highest BCUT2D eigenvalue weighted by molar-refractivity contribution is 4.73. The van der Waals surface area contributed by atoms with Crippen molar-refractivity contribution >= 4 is 0 Å². The van der Waals surface area contributed by atoms with Gasteiger partial charge in [0.15, 0.2) is 0 Å². The van der Waals surface area contributed by atoms with Crippen molar-refractivity contribution in [1.82, 2.24) is 10.2 Å². The number of ether oxygens (including phenoxy) is 1. The molecule has 0 aromatic rings. The van der Waals surface area contributed by atoms with Crippen LogP contribution in [0.4, 0.5) is 0 Å². The van der Waals surface area contributed by atoms with Gasteiger partial charge in [-0.2, -0.15) is 0 Å². The fourth-order valence-corrected chi connectivity index (χ4v) is 2.26. The van der Waals surface area contributed by atoms with Crippen LogP contribution < -0.4 is 5.32 Å². The van der Waals surface area contributed by atoms with Crippen molar-refractivity contribution in [3.63, 3.8) is 0 Å². The molecule has 0 saturated carbocycles. The van der Waals surface area contributed by atoms with Gasteiger partial charge in [-0.3, -0.25) is 4.90 Å². The molecule has 0 spiro atoms. The second-order valence-electron chi connectivity index (χ2n) is 5.59. The SMILES string of the molecule is CCC(C)N(CCOC)C(C)CCCNC(C)C. The average molecular weight is 258 g/mol. The zero-order chi connectivity index (χ0) is 14.0. The minimum absolute atomic E-state index is 0.597. The van der Waals surface area contributed by atoms with Crippen molar-refractivity contribution in [3.05, 3.63) is 0 Å². The average Bonchev–Trinajstić information content (AvgIpc) is 2.34. The molecular formula is C15H34N2O. The number of hydrogen-bond donors (Lipinski definition) is 1. The van der Waals surface area contributed by atoms with Crippen LogP contribution in [-0.4, -0.2) is 49.8 Å². The topological polar surface area (TPSA) is 24.5 Å². The summed E-state index contributed by atoms with van der Waals surface area (Å²) in [5.74, 6) is 0. The predicted molar refractivity (Wildman–Crippen MR) is 80.2 cm³/mol. The van der Waals surface area contributed by atoms with E-state index in [9.17, 15) is 0 Å². The van der Waals surface area contributed by atoms with Crippen LogP contribution in [0.5, 0.6) is 0 Å². The molecule has 0 radical (unpaired) electrons. The normalized spacial score (nSPS) is 15.3. The van der Waals surface area contributed by atoms with Crippen LogP contribution in [0.2, 0.25) is 0 Å². The van der Waals surface area contributed by atoms with E-state index < -0.39 is 0 Å². The molecule has 2 atom stereocenters. The lowest BCUT2D eigenvalue weighted by Gasteiger charge is -2.34. The highest BCUT2D eigenvalue weighted by Gasteiger charge is 2.18. The summed E-state index contributed by atoms with van der Waals surface area (Å²) in [5, 5.41) is 3.48. The minimum Gasteiger partial charge on any atom is -0.383 e. The van der Waals surface area contributed by atoms with Crippen molar-refractivity contribution in [2.45, 2.75) is 72.0 Å². The molecule has 1 N–H and O–H groups in total. The van der Waals surface area contributed by atoms with E-state index in [4.69, 9.17) is 4.74 Å². The molecule has 0 aliphatic rings. The van der Waals surface area contributed by atoms with Gasteiger partial charge < -0.3 is 10.1 Å². The predicted octanol–water partition coefficient (Wildman–Crippen LogP) is 2.90. The highest BCUT2D eigenvalue weighted by Crippen LogP contribution is 2.12. The lowest BCUT2D eigenvalue weighted by atomic mass is 10.1. The molecule has 3 heteroatoms. The molecule has 0 aromatic heterocycles. The molecule has 0 aromatic carbocycles. The summed E-state index contributed by atoms with van der Waals surface area (Å²) in [6.07, 6.45) is 3.71.